The smallest absolute Gasteiger partial charge is 0.333 e. The van der Waals surface area contributed by atoms with E-state index in [0.29, 0.717) is 6.61 Å². The van der Waals surface area contributed by atoms with Crippen LogP contribution < -0.4 is 10.5 Å². The van der Waals surface area contributed by atoms with E-state index in [1.54, 1.807) is 12.1 Å². The molecule has 0 fully saturated rings. The van der Waals surface area contributed by atoms with Gasteiger partial charge in [-0.15, -0.1) is 0 Å². The summed E-state index contributed by atoms with van der Waals surface area (Å²) in [4.78, 5) is 10.2. The Hall–Kier alpha value is -1.78. The van der Waals surface area contributed by atoms with Crippen LogP contribution in [0.5, 0.6) is 5.75 Å². The zero-order valence-corrected chi connectivity index (χ0v) is 8.60. The molecule has 0 aliphatic carbocycles. The molecule has 5 heteroatoms. The van der Waals surface area contributed by atoms with Gasteiger partial charge in [0, 0.05) is 0 Å². The molecule has 0 aromatic heterocycles. The second-order valence-electron chi connectivity index (χ2n) is 3.15. The molecule has 0 radical (unpaired) electrons. The maximum atomic E-state index is 10.7. The number of hydrogen-bond acceptors (Lipinski definition) is 4. The predicted molar refractivity (Wildman–Crippen MR) is 57.9 cm³/mol. The first-order valence-electron chi connectivity index (χ1n) is 4.82. The lowest BCUT2D eigenvalue weighted by Gasteiger charge is -2.06. The van der Waals surface area contributed by atoms with Crippen molar-refractivity contribution in [3.05, 3.63) is 28.3 Å². The van der Waals surface area contributed by atoms with E-state index >= 15 is 0 Å². The zero-order chi connectivity index (χ0) is 11.3. The summed E-state index contributed by atoms with van der Waals surface area (Å²) in [6.45, 7) is 2.50. The first-order valence-corrected chi connectivity index (χ1v) is 4.82. The molecule has 0 atom stereocenters. The standard InChI is InChI=1S/C10H14N2O3/c1-2-3-7-15-9-6-4-5-8(11)10(9)12(13)14/h4-6H,2-3,7,11H2,1H3. The number of ether oxygens (including phenoxy) is 1. The molecule has 5 nitrogen and oxygen atoms in total. The lowest BCUT2D eigenvalue weighted by atomic mass is 10.2. The van der Waals surface area contributed by atoms with Crippen molar-refractivity contribution in [2.24, 2.45) is 0 Å². The molecule has 0 aliphatic rings. The minimum absolute atomic E-state index is 0.133. The van der Waals surface area contributed by atoms with Crippen molar-refractivity contribution in [1.29, 1.82) is 0 Å². The van der Waals surface area contributed by atoms with Crippen molar-refractivity contribution >= 4 is 11.4 Å². The highest BCUT2D eigenvalue weighted by Crippen LogP contribution is 2.32. The van der Waals surface area contributed by atoms with E-state index < -0.39 is 4.92 Å². The Balaban J connectivity index is 2.86. The molecule has 0 unspecified atom stereocenters. The van der Waals surface area contributed by atoms with Gasteiger partial charge in [0.05, 0.1) is 11.5 Å². The molecule has 2 N–H and O–H groups in total. The number of rotatable bonds is 5. The van der Waals surface area contributed by atoms with Gasteiger partial charge < -0.3 is 10.5 Å². The second kappa shape index (κ2) is 5.19. The normalized spacial score (nSPS) is 9.93. The van der Waals surface area contributed by atoms with Gasteiger partial charge in [0.1, 0.15) is 5.69 Å². The van der Waals surface area contributed by atoms with Crippen LogP contribution in [0.25, 0.3) is 0 Å². The van der Waals surface area contributed by atoms with Crippen molar-refractivity contribution in [1.82, 2.24) is 0 Å². The summed E-state index contributed by atoms with van der Waals surface area (Å²) in [7, 11) is 0. The number of nitrogens with two attached hydrogens (primary N) is 1. The first kappa shape index (κ1) is 11.3. The molecule has 0 amide bonds. The largest absolute Gasteiger partial charge is 0.487 e. The van der Waals surface area contributed by atoms with Crippen LogP contribution in [0.1, 0.15) is 19.8 Å². The van der Waals surface area contributed by atoms with E-state index in [4.69, 9.17) is 10.5 Å². The lowest BCUT2D eigenvalue weighted by Crippen LogP contribution is -2.02. The fourth-order valence-electron chi connectivity index (χ4n) is 1.18. The van der Waals surface area contributed by atoms with Crippen molar-refractivity contribution in [2.45, 2.75) is 19.8 Å². The summed E-state index contributed by atoms with van der Waals surface area (Å²) in [6.07, 6.45) is 1.85. The fraction of sp³-hybridized carbons (Fsp3) is 0.400. The van der Waals surface area contributed by atoms with E-state index in [9.17, 15) is 10.1 Å². The molecule has 0 aliphatic heterocycles. The van der Waals surface area contributed by atoms with Gasteiger partial charge in [-0.25, -0.2) is 0 Å². The Morgan fingerprint density at radius 2 is 2.27 bits per heavy atom. The van der Waals surface area contributed by atoms with Crippen LogP contribution in [0.2, 0.25) is 0 Å². The average molecular weight is 210 g/mol. The SMILES string of the molecule is CCCCOc1cccc(N)c1[N+](=O)[O-]. The molecular formula is C10H14N2O3. The van der Waals surface area contributed by atoms with Crippen molar-refractivity contribution in [3.8, 4) is 5.75 Å². The number of para-hydroxylation sites is 1. The number of nitrogens with zero attached hydrogens (tertiary/aromatic N) is 1. The van der Waals surface area contributed by atoms with Crippen molar-refractivity contribution < 1.29 is 9.66 Å². The zero-order valence-electron chi connectivity index (χ0n) is 8.60. The Morgan fingerprint density at radius 3 is 2.87 bits per heavy atom. The summed E-state index contributed by atoms with van der Waals surface area (Å²) < 4.78 is 5.30. The van der Waals surface area contributed by atoms with Gasteiger partial charge in [-0.1, -0.05) is 19.4 Å². The monoisotopic (exact) mass is 210 g/mol. The highest BCUT2D eigenvalue weighted by atomic mass is 16.6. The summed E-state index contributed by atoms with van der Waals surface area (Å²) in [5, 5.41) is 10.7. The third-order valence-electron chi connectivity index (χ3n) is 1.97. The molecule has 0 heterocycles. The predicted octanol–water partition coefficient (Wildman–Crippen LogP) is 2.36. The molecule has 1 aromatic rings. The van der Waals surface area contributed by atoms with Crippen LogP contribution in [-0.4, -0.2) is 11.5 Å². The van der Waals surface area contributed by atoms with Gasteiger partial charge >= 0.3 is 5.69 Å². The van der Waals surface area contributed by atoms with Crippen molar-refractivity contribution in [3.63, 3.8) is 0 Å². The number of nitro groups is 1. The van der Waals surface area contributed by atoms with Gasteiger partial charge in [-0.2, -0.15) is 0 Å². The van der Waals surface area contributed by atoms with Crippen LogP contribution in [0.4, 0.5) is 11.4 Å². The van der Waals surface area contributed by atoms with E-state index in [2.05, 4.69) is 0 Å². The molecule has 1 aromatic carbocycles. The van der Waals surface area contributed by atoms with Crippen LogP contribution in [-0.2, 0) is 0 Å². The molecule has 15 heavy (non-hydrogen) atoms. The summed E-state index contributed by atoms with van der Waals surface area (Å²) in [5.41, 5.74) is 5.49. The number of nitrogen functional groups attached to an aromatic ring is 1. The van der Waals surface area contributed by atoms with Crippen LogP contribution in [0, 0.1) is 10.1 Å². The molecule has 0 bridgehead atoms. The Kier molecular flexibility index (Phi) is 3.91. The highest BCUT2D eigenvalue weighted by Gasteiger charge is 2.18. The van der Waals surface area contributed by atoms with E-state index in [-0.39, 0.29) is 17.1 Å². The minimum atomic E-state index is -0.517. The molecular weight excluding hydrogens is 196 g/mol. The summed E-state index contributed by atoms with van der Waals surface area (Å²) >= 11 is 0. The maximum Gasteiger partial charge on any atom is 0.333 e. The maximum absolute atomic E-state index is 10.7. The second-order valence-corrected chi connectivity index (χ2v) is 3.15. The van der Waals surface area contributed by atoms with Crippen LogP contribution >= 0.6 is 0 Å². The third-order valence-corrected chi connectivity index (χ3v) is 1.97. The number of hydrogen-bond donors (Lipinski definition) is 1. The number of unbranched alkanes of at least 4 members (excludes halogenated alkanes) is 1. The van der Waals surface area contributed by atoms with Gasteiger partial charge in [0.2, 0.25) is 0 Å². The average Bonchev–Trinajstić information content (AvgIpc) is 2.17. The molecule has 82 valence electrons. The fourth-order valence-corrected chi connectivity index (χ4v) is 1.18. The Bertz CT molecular complexity index is 353. The Morgan fingerprint density at radius 1 is 1.53 bits per heavy atom. The first-order chi connectivity index (χ1) is 7.16. The van der Waals surface area contributed by atoms with Crippen LogP contribution in [0.15, 0.2) is 18.2 Å². The van der Waals surface area contributed by atoms with E-state index in [1.807, 2.05) is 6.92 Å². The van der Waals surface area contributed by atoms with Crippen molar-refractivity contribution in [2.75, 3.05) is 12.3 Å². The quantitative estimate of drug-likeness (QED) is 0.350. The summed E-state index contributed by atoms with van der Waals surface area (Å²) in [5.74, 6) is 0.244. The molecule has 1 rings (SSSR count). The molecule has 0 saturated heterocycles. The van der Waals surface area contributed by atoms with Gasteiger partial charge in [-0.3, -0.25) is 10.1 Å². The highest BCUT2D eigenvalue weighted by molar-refractivity contribution is 5.65. The minimum Gasteiger partial charge on any atom is -0.487 e. The van der Waals surface area contributed by atoms with E-state index in [0.717, 1.165) is 12.8 Å². The summed E-state index contributed by atoms with van der Waals surface area (Å²) in [6, 6.07) is 4.69. The van der Waals surface area contributed by atoms with Gasteiger partial charge in [0.15, 0.2) is 5.75 Å². The van der Waals surface area contributed by atoms with Gasteiger partial charge in [-0.05, 0) is 18.6 Å². The lowest BCUT2D eigenvalue weighted by molar-refractivity contribution is -0.384. The number of benzene rings is 1. The number of anilines is 1. The third kappa shape index (κ3) is 2.83. The van der Waals surface area contributed by atoms with Crippen LogP contribution in [0.3, 0.4) is 0 Å². The Labute approximate surface area is 88.0 Å². The van der Waals surface area contributed by atoms with E-state index in [1.165, 1.54) is 6.07 Å². The molecule has 0 spiro atoms. The van der Waals surface area contributed by atoms with Gasteiger partial charge in [0.25, 0.3) is 0 Å². The topological polar surface area (TPSA) is 78.4 Å². The molecule has 0 saturated carbocycles. The number of nitro benzene ring substituents is 1.